The molecule has 222 valence electrons. The smallest absolute Gasteiger partial charge is 0.243 e. The van der Waals surface area contributed by atoms with Crippen molar-refractivity contribution in [2.45, 2.75) is 85.0 Å². The average Bonchev–Trinajstić information content (AvgIpc) is 2.93. The second-order valence-corrected chi connectivity index (χ2v) is 11.6. The summed E-state index contributed by atoms with van der Waals surface area (Å²) >= 11 is 0. The third kappa shape index (κ3) is 12.1. The summed E-state index contributed by atoms with van der Waals surface area (Å²) in [5.74, 6) is 1.35. The largest absolute Gasteiger partial charge is 0.489 e. The quantitative estimate of drug-likeness (QED) is 0.264. The van der Waals surface area contributed by atoms with E-state index in [-0.39, 0.29) is 23.9 Å². The Morgan fingerprint density at radius 3 is 2.12 bits per heavy atom. The molecule has 2 aromatic rings. The minimum Gasteiger partial charge on any atom is -0.489 e. The van der Waals surface area contributed by atoms with E-state index >= 15 is 0 Å². The Morgan fingerprint density at radius 1 is 0.875 bits per heavy atom. The van der Waals surface area contributed by atoms with Gasteiger partial charge in [0.05, 0.1) is 18.7 Å². The Morgan fingerprint density at radius 2 is 1.55 bits per heavy atom. The molecule has 0 aliphatic carbocycles. The Labute approximate surface area is 242 Å². The minimum atomic E-state index is -0.706. The Kier molecular flexibility index (Phi) is 14.8. The van der Waals surface area contributed by atoms with Gasteiger partial charge in [-0.05, 0) is 68.0 Å². The molecule has 2 rings (SSSR count). The van der Waals surface area contributed by atoms with Gasteiger partial charge in [0.1, 0.15) is 18.4 Å². The number of rotatable bonds is 18. The second-order valence-electron chi connectivity index (χ2n) is 11.6. The topological polar surface area (TPSA) is 79.9 Å². The van der Waals surface area contributed by atoms with Crippen LogP contribution >= 0.6 is 0 Å². The molecule has 40 heavy (non-hydrogen) atoms. The van der Waals surface area contributed by atoms with E-state index in [1.807, 2.05) is 68.6 Å². The van der Waals surface area contributed by atoms with Crippen molar-refractivity contribution in [2.24, 2.45) is 11.8 Å². The summed E-state index contributed by atoms with van der Waals surface area (Å²) in [6.07, 6.45) is 2.85. The Balaban J connectivity index is 2.17. The van der Waals surface area contributed by atoms with Gasteiger partial charge in [0.2, 0.25) is 11.8 Å². The van der Waals surface area contributed by atoms with Crippen LogP contribution in [0.3, 0.4) is 0 Å². The summed E-state index contributed by atoms with van der Waals surface area (Å²) < 4.78 is 11.2. The molecule has 2 aromatic carbocycles. The highest BCUT2D eigenvalue weighted by atomic mass is 16.5. The van der Waals surface area contributed by atoms with E-state index in [0.717, 1.165) is 42.7 Å². The summed E-state index contributed by atoms with van der Waals surface area (Å²) in [4.78, 5) is 29.2. The fourth-order valence-corrected chi connectivity index (χ4v) is 4.49. The van der Waals surface area contributed by atoms with Gasteiger partial charge in [-0.3, -0.25) is 14.5 Å². The maximum absolute atomic E-state index is 13.6. The van der Waals surface area contributed by atoms with Crippen LogP contribution < -0.4 is 15.4 Å². The number of nitrogens with zero attached hydrogens (tertiary/aromatic N) is 1. The van der Waals surface area contributed by atoms with Gasteiger partial charge in [-0.2, -0.15) is 0 Å². The minimum absolute atomic E-state index is 0.109. The van der Waals surface area contributed by atoms with Gasteiger partial charge in [0.15, 0.2) is 0 Å². The molecular formula is C33H51N3O4. The first-order valence-electron chi connectivity index (χ1n) is 14.7. The van der Waals surface area contributed by atoms with E-state index in [9.17, 15) is 9.59 Å². The first kappa shape index (κ1) is 33.3. The van der Waals surface area contributed by atoms with Gasteiger partial charge < -0.3 is 20.1 Å². The van der Waals surface area contributed by atoms with E-state index in [2.05, 4.69) is 43.2 Å². The van der Waals surface area contributed by atoms with E-state index in [1.54, 1.807) is 7.11 Å². The monoisotopic (exact) mass is 553 g/mol. The summed E-state index contributed by atoms with van der Waals surface area (Å²) in [5.41, 5.74) is 2.04. The Hall–Kier alpha value is -2.90. The second kappa shape index (κ2) is 17.7. The lowest BCUT2D eigenvalue weighted by molar-refractivity contribution is -0.132. The first-order chi connectivity index (χ1) is 19.1. The van der Waals surface area contributed by atoms with Gasteiger partial charge in [-0.1, -0.05) is 77.1 Å². The highest BCUT2D eigenvalue weighted by Crippen LogP contribution is 2.17. The molecule has 0 saturated carbocycles. The van der Waals surface area contributed by atoms with Gasteiger partial charge >= 0.3 is 0 Å². The maximum Gasteiger partial charge on any atom is 0.243 e. The Bertz CT molecular complexity index is 995. The number of likely N-dealkylation sites (N-methyl/N-ethyl adjacent to an activating group) is 1. The average molecular weight is 554 g/mol. The predicted octanol–water partition coefficient (Wildman–Crippen LogP) is 5.23. The zero-order valence-electron chi connectivity index (χ0n) is 25.6. The SMILES string of the molecule is CCC(COC)NC(=O)[C@H](Cc1ccc(OCc2ccccc2)cc1)NC(=O)[C@@H](CC(C)C)N(C)CCC(C)C. The highest BCUT2D eigenvalue weighted by Gasteiger charge is 2.29. The lowest BCUT2D eigenvalue weighted by Crippen LogP contribution is -2.55. The molecule has 1 unspecified atom stereocenters. The number of carbonyl (C=O) groups is 2. The van der Waals surface area contributed by atoms with Crippen LogP contribution in [0.5, 0.6) is 5.75 Å². The van der Waals surface area contributed by atoms with Crippen LogP contribution in [0.15, 0.2) is 54.6 Å². The number of carbonyl (C=O) groups excluding carboxylic acids is 2. The van der Waals surface area contributed by atoms with Crippen molar-refractivity contribution in [3.05, 3.63) is 65.7 Å². The number of amides is 2. The molecule has 2 N–H and O–H groups in total. The fourth-order valence-electron chi connectivity index (χ4n) is 4.49. The van der Waals surface area contributed by atoms with Crippen LogP contribution in [0.25, 0.3) is 0 Å². The first-order valence-corrected chi connectivity index (χ1v) is 14.7. The molecule has 2 amide bonds. The molecule has 0 saturated heterocycles. The summed E-state index contributed by atoms with van der Waals surface area (Å²) in [6.45, 7) is 12.4. The summed E-state index contributed by atoms with van der Waals surface area (Å²) in [6, 6.07) is 16.6. The molecule has 0 aromatic heterocycles. The number of hydrogen-bond donors (Lipinski definition) is 2. The number of methoxy groups -OCH3 is 1. The molecule has 0 spiro atoms. The predicted molar refractivity (Wildman–Crippen MR) is 162 cm³/mol. The number of benzene rings is 2. The molecule has 0 fully saturated rings. The highest BCUT2D eigenvalue weighted by molar-refractivity contribution is 5.90. The fraction of sp³-hybridized carbons (Fsp3) is 0.576. The maximum atomic E-state index is 13.6. The van der Waals surface area contributed by atoms with Gasteiger partial charge in [0.25, 0.3) is 0 Å². The molecule has 0 bridgehead atoms. The lowest BCUT2D eigenvalue weighted by atomic mass is 9.99. The normalized spacial score (nSPS) is 13.8. The van der Waals surface area contributed by atoms with Crippen LogP contribution in [0.2, 0.25) is 0 Å². The third-order valence-electron chi connectivity index (χ3n) is 7.04. The zero-order valence-corrected chi connectivity index (χ0v) is 25.6. The molecule has 0 heterocycles. The van der Waals surface area contributed by atoms with Crippen molar-refractivity contribution < 1.29 is 19.1 Å². The third-order valence-corrected chi connectivity index (χ3v) is 7.04. The van der Waals surface area contributed by atoms with Gasteiger partial charge in [-0.25, -0.2) is 0 Å². The summed E-state index contributed by atoms with van der Waals surface area (Å²) in [7, 11) is 3.63. The molecule has 0 aliphatic rings. The molecule has 0 radical (unpaired) electrons. The zero-order chi connectivity index (χ0) is 29.5. The number of hydrogen-bond acceptors (Lipinski definition) is 5. The van der Waals surface area contributed by atoms with Gasteiger partial charge in [-0.15, -0.1) is 0 Å². The van der Waals surface area contributed by atoms with Crippen LogP contribution in [0.1, 0.15) is 65.0 Å². The van der Waals surface area contributed by atoms with E-state index in [4.69, 9.17) is 9.47 Å². The molecule has 0 aliphatic heterocycles. The summed E-state index contributed by atoms with van der Waals surface area (Å²) in [5, 5.41) is 6.18. The lowest BCUT2D eigenvalue weighted by Gasteiger charge is -2.31. The van der Waals surface area contributed by atoms with E-state index < -0.39 is 6.04 Å². The molecule has 7 heteroatoms. The van der Waals surface area contributed by atoms with Crippen molar-refractivity contribution in [1.82, 2.24) is 15.5 Å². The van der Waals surface area contributed by atoms with Crippen molar-refractivity contribution in [2.75, 3.05) is 27.3 Å². The van der Waals surface area contributed by atoms with E-state index in [0.29, 0.717) is 31.5 Å². The van der Waals surface area contributed by atoms with Crippen LogP contribution in [0, 0.1) is 11.8 Å². The van der Waals surface area contributed by atoms with Gasteiger partial charge in [0, 0.05) is 13.5 Å². The standard InChI is InChI=1S/C33H51N3O4/c1-8-28(23-39-7)34-32(37)30(35-33(38)31(20-25(4)5)36(6)19-18-24(2)3)21-26-14-16-29(17-15-26)40-22-27-12-10-9-11-13-27/h9-17,24-25,28,30-31H,8,18-23H2,1-7H3,(H,34,37)(H,35,38)/t28?,30-,31+/m0/s1. The molecule has 3 atom stereocenters. The van der Waals surface area contributed by atoms with Crippen molar-refractivity contribution in [3.63, 3.8) is 0 Å². The molecular weight excluding hydrogens is 502 g/mol. The van der Waals surface area contributed by atoms with Crippen LogP contribution in [0.4, 0.5) is 0 Å². The van der Waals surface area contributed by atoms with Crippen molar-refractivity contribution in [3.8, 4) is 5.75 Å². The number of ether oxygens (including phenoxy) is 2. The van der Waals surface area contributed by atoms with E-state index in [1.165, 1.54) is 0 Å². The molecule has 7 nitrogen and oxygen atoms in total. The van der Waals surface area contributed by atoms with Crippen LogP contribution in [-0.2, 0) is 27.4 Å². The number of nitrogens with one attached hydrogen (secondary N) is 2. The van der Waals surface area contributed by atoms with Crippen molar-refractivity contribution >= 4 is 11.8 Å². The van der Waals surface area contributed by atoms with Crippen molar-refractivity contribution in [1.29, 1.82) is 0 Å². The van der Waals surface area contributed by atoms with Crippen LogP contribution in [-0.4, -0.2) is 62.1 Å².